The number of esters is 1. The molecule has 0 spiro atoms. The van der Waals surface area contributed by atoms with Gasteiger partial charge in [0.15, 0.2) is 0 Å². The van der Waals surface area contributed by atoms with Gasteiger partial charge >= 0.3 is 5.97 Å². The highest BCUT2D eigenvalue weighted by atomic mass is 16.5. The predicted molar refractivity (Wildman–Crippen MR) is 53.2 cm³/mol. The van der Waals surface area contributed by atoms with Crippen LogP contribution in [0.4, 0.5) is 0 Å². The van der Waals surface area contributed by atoms with Gasteiger partial charge in [0.1, 0.15) is 0 Å². The molecule has 15 heavy (non-hydrogen) atoms. The molecule has 0 N–H and O–H groups in total. The molecule has 0 aromatic rings. The average Bonchev–Trinajstić information content (AvgIpc) is 2.28. The Morgan fingerprint density at radius 2 is 2.27 bits per heavy atom. The molecule has 0 aliphatic carbocycles. The lowest BCUT2D eigenvalue weighted by molar-refractivity contribution is -0.149. The molecule has 1 aliphatic heterocycles. The summed E-state index contributed by atoms with van der Waals surface area (Å²) >= 11 is 0. The Morgan fingerprint density at radius 1 is 1.53 bits per heavy atom. The lowest BCUT2D eigenvalue weighted by Crippen LogP contribution is -2.46. The minimum Gasteiger partial charge on any atom is -0.469 e. The van der Waals surface area contributed by atoms with Crippen molar-refractivity contribution in [3.63, 3.8) is 0 Å². The van der Waals surface area contributed by atoms with Crippen LogP contribution in [0.2, 0.25) is 0 Å². The summed E-state index contributed by atoms with van der Waals surface area (Å²) in [5.74, 6) is -0.195. The standard InChI is InChI=1S/C10H17NO4/c1-3-9(12)11-4-5-15-8(7-11)6-10(13)14-2/h8H,3-7H2,1-2H3. The molecular formula is C10H17NO4. The van der Waals surface area contributed by atoms with E-state index in [1.54, 1.807) is 4.90 Å². The number of carbonyl (C=O) groups is 2. The minimum atomic E-state index is -0.300. The smallest absolute Gasteiger partial charge is 0.308 e. The van der Waals surface area contributed by atoms with Crippen molar-refractivity contribution < 1.29 is 19.1 Å². The van der Waals surface area contributed by atoms with Crippen molar-refractivity contribution in [2.75, 3.05) is 26.8 Å². The second kappa shape index (κ2) is 5.70. The normalized spacial score (nSPS) is 21.2. The molecule has 0 bridgehead atoms. The molecule has 0 aromatic carbocycles. The number of hydrogen-bond donors (Lipinski definition) is 0. The van der Waals surface area contributed by atoms with E-state index in [0.717, 1.165) is 0 Å². The van der Waals surface area contributed by atoms with Crippen LogP contribution in [0.1, 0.15) is 19.8 Å². The van der Waals surface area contributed by atoms with E-state index < -0.39 is 0 Å². The van der Waals surface area contributed by atoms with Crippen LogP contribution in [0.5, 0.6) is 0 Å². The van der Waals surface area contributed by atoms with Crippen molar-refractivity contribution in [3.8, 4) is 0 Å². The second-order valence-corrected chi connectivity index (χ2v) is 3.47. The average molecular weight is 215 g/mol. The third kappa shape index (κ3) is 3.51. The molecular weight excluding hydrogens is 198 g/mol. The maximum atomic E-state index is 11.4. The molecule has 1 unspecified atom stereocenters. The number of rotatable bonds is 3. The maximum Gasteiger partial charge on any atom is 0.308 e. The van der Waals surface area contributed by atoms with Gasteiger partial charge in [-0.15, -0.1) is 0 Å². The number of carbonyl (C=O) groups excluding carboxylic acids is 2. The first-order valence-corrected chi connectivity index (χ1v) is 5.13. The lowest BCUT2D eigenvalue weighted by atomic mass is 10.2. The number of methoxy groups -OCH3 is 1. The van der Waals surface area contributed by atoms with E-state index in [1.165, 1.54) is 7.11 Å². The predicted octanol–water partition coefficient (Wildman–Crippen LogP) is 0.187. The molecule has 1 rings (SSSR count). The van der Waals surface area contributed by atoms with Crippen LogP contribution in [0.3, 0.4) is 0 Å². The fourth-order valence-electron chi connectivity index (χ4n) is 1.56. The van der Waals surface area contributed by atoms with Crippen LogP contribution in [0.15, 0.2) is 0 Å². The van der Waals surface area contributed by atoms with E-state index in [-0.39, 0.29) is 24.4 Å². The van der Waals surface area contributed by atoms with E-state index in [4.69, 9.17) is 4.74 Å². The fourth-order valence-corrected chi connectivity index (χ4v) is 1.56. The Hall–Kier alpha value is -1.10. The fraction of sp³-hybridized carbons (Fsp3) is 0.800. The van der Waals surface area contributed by atoms with E-state index in [9.17, 15) is 9.59 Å². The monoisotopic (exact) mass is 215 g/mol. The van der Waals surface area contributed by atoms with Gasteiger partial charge in [-0.3, -0.25) is 9.59 Å². The van der Waals surface area contributed by atoms with Crippen molar-refractivity contribution in [2.45, 2.75) is 25.9 Å². The Morgan fingerprint density at radius 3 is 2.87 bits per heavy atom. The van der Waals surface area contributed by atoms with Gasteiger partial charge in [-0.05, 0) is 0 Å². The van der Waals surface area contributed by atoms with Crippen LogP contribution in [-0.2, 0) is 19.1 Å². The Balaban J connectivity index is 2.42. The number of amides is 1. The van der Waals surface area contributed by atoms with Gasteiger partial charge in [-0.25, -0.2) is 0 Å². The Bertz CT molecular complexity index is 242. The van der Waals surface area contributed by atoms with Gasteiger partial charge in [0.2, 0.25) is 5.91 Å². The minimum absolute atomic E-state index is 0.105. The maximum absolute atomic E-state index is 11.4. The molecule has 1 amide bonds. The van der Waals surface area contributed by atoms with Crippen LogP contribution in [0, 0.1) is 0 Å². The van der Waals surface area contributed by atoms with Crippen molar-refractivity contribution >= 4 is 11.9 Å². The van der Waals surface area contributed by atoms with E-state index >= 15 is 0 Å². The highest BCUT2D eigenvalue weighted by Crippen LogP contribution is 2.10. The largest absolute Gasteiger partial charge is 0.469 e. The molecule has 1 atom stereocenters. The summed E-state index contributed by atoms with van der Waals surface area (Å²) in [5, 5.41) is 0. The first-order valence-electron chi connectivity index (χ1n) is 5.13. The van der Waals surface area contributed by atoms with Crippen LogP contribution in [0.25, 0.3) is 0 Å². The summed E-state index contributed by atoms with van der Waals surface area (Å²) in [4.78, 5) is 24.2. The summed E-state index contributed by atoms with van der Waals surface area (Å²) in [7, 11) is 1.35. The SMILES string of the molecule is CCC(=O)N1CCOC(CC(=O)OC)C1. The molecule has 0 radical (unpaired) electrons. The quantitative estimate of drug-likeness (QED) is 0.630. The second-order valence-electron chi connectivity index (χ2n) is 3.47. The van der Waals surface area contributed by atoms with Crippen LogP contribution in [-0.4, -0.2) is 49.7 Å². The molecule has 0 saturated carbocycles. The van der Waals surface area contributed by atoms with Gasteiger partial charge in [-0.1, -0.05) is 6.92 Å². The molecule has 1 heterocycles. The highest BCUT2D eigenvalue weighted by Gasteiger charge is 2.25. The zero-order valence-corrected chi connectivity index (χ0v) is 9.19. The third-order valence-electron chi connectivity index (χ3n) is 2.42. The van der Waals surface area contributed by atoms with Crippen molar-refractivity contribution in [1.82, 2.24) is 4.90 Å². The van der Waals surface area contributed by atoms with E-state index in [1.807, 2.05) is 6.92 Å². The van der Waals surface area contributed by atoms with E-state index in [0.29, 0.717) is 26.1 Å². The summed E-state index contributed by atoms with van der Waals surface area (Å²) in [6.45, 7) is 3.42. The Labute approximate surface area is 89.3 Å². The van der Waals surface area contributed by atoms with Gasteiger partial charge < -0.3 is 14.4 Å². The van der Waals surface area contributed by atoms with Crippen LogP contribution >= 0.6 is 0 Å². The molecule has 1 aliphatic rings. The summed E-state index contributed by atoms with van der Waals surface area (Å²) in [5.41, 5.74) is 0. The molecule has 86 valence electrons. The number of morpholine rings is 1. The number of nitrogens with zero attached hydrogens (tertiary/aromatic N) is 1. The third-order valence-corrected chi connectivity index (χ3v) is 2.42. The van der Waals surface area contributed by atoms with Gasteiger partial charge in [-0.2, -0.15) is 0 Å². The first kappa shape index (κ1) is 12.0. The topological polar surface area (TPSA) is 55.8 Å². The summed E-state index contributed by atoms with van der Waals surface area (Å²) in [6.07, 6.45) is 0.483. The van der Waals surface area contributed by atoms with Gasteiger partial charge in [0.25, 0.3) is 0 Å². The zero-order valence-electron chi connectivity index (χ0n) is 9.19. The summed E-state index contributed by atoms with van der Waals surface area (Å²) in [6, 6.07) is 0. The van der Waals surface area contributed by atoms with Gasteiger partial charge in [0.05, 0.1) is 26.2 Å². The lowest BCUT2D eigenvalue weighted by Gasteiger charge is -2.32. The van der Waals surface area contributed by atoms with Crippen molar-refractivity contribution in [1.29, 1.82) is 0 Å². The van der Waals surface area contributed by atoms with Crippen molar-refractivity contribution in [2.24, 2.45) is 0 Å². The molecule has 0 aromatic heterocycles. The number of ether oxygens (including phenoxy) is 2. The molecule has 5 heteroatoms. The summed E-state index contributed by atoms with van der Waals surface area (Å²) < 4.78 is 9.93. The van der Waals surface area contributed by atoms with Crippen LogP contribution < -0.4 is 0 Å². The van der Waals surface area contributed by atoms with Crippen molar-refractivity contribution in [3.05, 3.63) is 0 Å². The Kier molecular flexibility index (Phi) is 4.55. The molecule has 5 nitrogen and oxygen atoms in total. The molecule has 1 fully saturated rings. The number of hydrogen-bond acceptors (Lipinski definition) is 4. The highest BCUT2D eigenvalue weighted by molar-refractivity contribution is 5.76. The van der Waals surface area contributed by atoms with E-state index in [2.05, 4.69) is 4.74 Å². The molecule has 1 saturated heterocycles. The van der Waals surface area contributed by atoms with Gasteiger partial charge in [0, 0.05) is 19.5 Å². The zero-order chi connectivity index (χ0) is 11.3. The first-order chi connectivity index (χ1) is 7.17.